The van der Waals surface area contributed by atoms with Gasteiger partial charge in [0.05, 0.1) is 13.1 Å². The number of nitrogens with zero attached hydrogens (tertiary/aromatic N) is 9. The molecular formula is C24H27F2N9O. The number of hydrogen-bond donors (Lipinski definition) is 1. The Morgan fingerprint density at radius 2 is 1.78 bits per heavy atom. The summed E-state index contributed by atoms with van der Waals surface area (Å²) < 4.78 is 29.5. The maximum Gasteiger partial charge on any atom is 0.176 e. The Kier molecular flexibility index (Phi) is 6.96. The molecule has 188 valence electrons. The number of aliphatic hydroxyl groups is 1. The maximum atomic E-state index is 14.6. The zero-order valence-electron chi connectivity index (χ0n) is 19.7. The second kappa shape index (κ2) is 10.5. The fourth-order valence-electron chi connectivity index (χ4n) is 4.47. The molecule has 3 heterocycles. The van der Waals surface area contributed by atoms with Gasteiger partial charge in [0, 0.05) is 56.5 Å². The van der Waals surface area contributed by atoms with Crippen LogP contribution in [-0.2, 0) is 25.1 Å². The number of aromatic nitrogens is 7. The van der Waals surface area contributed by atoms with E-state index in [2.05, 4.69) is 47.4 Å². The van der Waals surface area contributed by atoms with E-state index in [1.165, 1.54) is 33.9 Å². The van der Waals surface area contributed by atoms with E-state index < -0.39 is 17.2 Å². The minimum absolute atomic E-state index is 0.0884. The van der Waals surface area contributed by atoms with E-state index in [9.17, 15) is 13.9 Å². The van der Waals surface area contributed by atoms with Gasteiger partial charge >= 0.3 is 0 Å². The lowest BCUT2D eigenvalue weighted by molar-refractivity contribution is -0.0125. The fourth-order valence-corrected chi connectivity index (χ4v) is 4.47. The first-order valence-electron chi connectivity index (χ1n) is 11.8. The van der Waals surface area contributed by atoms with Crippen molar-refractivity contribution in [1.29, 1.82) is 0 Å². The second-order valence-electron chi connectivity index (χ2n) is 8.90. The third-order valence-electron chi connectivity index (χ3n) is 6.37. The lowest BCUT2D eigenvalue weighted by Crippen LogP contribution is -2.47. The second-order valence-corrected chi connectivity index (χ2v) is 8.90. The lowest BCUT2D eigenvalue weighted by Gasteiger charge is -2.35. The molecule has 1 N–H and O–H groups in total. The van der Waals surface area contributed by atoms with Crippen LogP contribution < -0.4 is 4.90 Å². The van der Waals surface area contributed by atoms with E-state index in [1.54, 1.807) is 0 Å². The molecule has 2 aromatic heterocycles. The molecule has 0 bridgehead atoms. The first-order valence-corrected chi connectivity index (χ1v) is 11.8. The van der Waals surface area contributed by atoms with Crippen molar-refractivity contribution in [3.63, 3.8) is 0 Å². The molecule has 1 saturated heterocycles. The number of hydrogen-bond acceptors (Lipinski definition) is 8. The molecule has 0 saturated carbocycles. The molecule has 5 rings (SSSR count). The van der Waals surface area contributed by atoms with Crippen LogP contribution in [0.4, 0.5) is 14.5 Å². The summed E-state index contributed by atoms with van der Waals surface area (Å²) in [7, 11) is 0. The SMILES string of the molecule is OC(Cn1cncn1)(Cn1nnc(CCN2CCN(c3ccccc3)CC2)n1)c1ccc(F)cc1F. The summed E-state index contributed by atoms with van der Waals surface area (Å²) in [5.41, 5.74) is -0.663. The van der Waals surface area contributed by atoms with Crippen molar-refractivity contribution in [1.82, 2.24) is 39.9 Å². The Morgan fingerprint density at radius 1 is 0.972 bits per heavy atom. The van der Waals surface area contributed by atoms with Gasteiger partial charge in [-0.25, -0.2) is 18.4 Å². The van der Waals surface area contributed by atoms with Crippen LogP contribution in [-0.4, -0.2) is 77.7 Å². The van der Waals surface area contributed by atoms with E-state index in [4.69, 9.17) is 0 Å². The van der Waals surface area contributed by atoms with Crippen molar-refractivity contribution in [2.75, 3.05) is 37.6 Å². The number of piperazine rings is 1. The smallest absolute Gasteiger partial charge is 0.176 e. The minimum Gasteiger partial charge on any atom is -0.381 e. The number of halogens is 2. The van der Waals surface area contributed by atoms with Crippen molar-refractivity contribution in [3.8, 4) is 0 Å². The van der Waals surface area contributed by atoms with Gasteiger partial charge in [0.2, 0.25) is 0 Å². The molecule has 1 fully saturated rings. The van der Waals surface area contributed by atoms with Gasteiger partial charge in [-0.1, -0.05) is 24.3 Å². The van der Waals surface area contributed by atoms with E-state index >= 15 is 0 Å². The molecule has 1 unspecified atom stereocenters. The number of rotatable bonds is 9. The van der Waals surface area contributed by atoms with E-state index in [0.29, 0.717) is 12.2 Å². The standard InChI is InChI=1S/C24H27F2N9O/c25-19-6-7-21(22(26)14-19)24(36,15-34-18-27-17-28-34)16-35-30-23(29-31-35)8-9-32-10-12-33(13-11-32)20-4-2-1-3-5-20/h1-7,14,17-18,36H,8-13,15-16H2. The average molecular weight is 496 g/mol. The van der Waals surface area contributed by atoms with Crippen LogP contribution >= 0.6 is 0 Å². The normalized spacial score (nSPS) is 16.2. The van der Waals surface area contributed by atoms with E-state index in [-0.39, 0.29) is 18.7 Å². The quantitative estimate of drug-likeness (QED) is 0.373. The Balaban J connectivity index is 1.22. The maximum absolute atomic E-state index is 14.6. The largest absolute Gasteiger partial charge is 0.381 e. The summed E-state index contributed by atoms with van der Waals surface area (Å²) in [6, 6.07) is 13.4. The van der Waals surface area contributed by atoms with Crippen LogP contribution in [0.5, 0.6) is 0 Å². The average Bonchev–Trinajstić information content (AvgIpc) is 3.55. The summed E-state index contributed by atoms with van der Waals surface area (Å²) in [5.74, 6) is -1.07. The van der Waals surface area contributed by atoms with Crippen molar-refractivity contribution in [2.45, 2.75) is 25.1 Å². The molecule has 0 amide bonds. The van der Waals surface area contributed by atoms with Crippen molar-refractivity contribution < 1.29 is 13.9 Å². The Bertz CT molecular complexity index is 1260. The molecule has 0 spiro atoms. The zero-order chi connectivity index (χ0) is 25.0. The monoisotopic (exact) mass is 495 g/mol. The number of para-hydroxylation sites is 1. The van der Waals surface area contributed by atoms with Crippen molar-refractivity contribution in [2.24, 2.45) is 0 Å². The summed E-state index contributed by atoms with van der Waals surface area (Å²) in [6.45, 7) is 4.22. The molecule has 4 aromatic rings. The highest BCUT2D eigenvalue weighted by atomic mass is 19.1. The molecule has 10 nitrogen and oxygen atoms in total. The van der Waals surface area contributed by atoms with Gasteiger partial charge in [-0.15, -0.1) is 10.2 Å². The molecular weight excluding hydrogens is 468 g/mol. The first-order chi connectivity index (χ1) is 17.5. The van der Waals surface area contributed by atoms with E-state index in [0.717, 1.165) is 44.9 Å². The van der Waals surface area contributed by atoms with Crippen molar-refractivity contribution >= 4 is 5.69 Å². The van der Waals surface area contributed by atoms with Gasteiger partial charge in [-0.05, 0) is 23.4 Å². The highest BCUT2D eigenvalue weighted by Gasteiger charge is 2.35. The highest BCUT2D eigenvalue weighted by molar-refractivity contribution is 5.46. The molecule has 2 aromatic carbocycles. The minimum atomic E-state index is -1.81. The third-order valence-corrected chi connectivity index (χ3v) is 6.37. The molecule has 0 radical (unpaired) electrons. The van der Waals surface area contributed by atoms with Crippen LogP contribution in [0.3, 0.4) is 0 Å². The van der Waals surface area contributed by atoms with Crippen LogP contribution in [0.1, 0.15) is 11.4 Å². The predicted molar refractivity (Wildman–Crippen MR) is 127 cm³/mol. The molecule has 1 atom stereocenters. The molecule has 0 aliphatic carbocycles. The van der Waals surface area contributed by atoms with Crippen molar-refractivity contribution in [3.05, 3.63) is 84.2 Å². The van der Waals surface area contributed by atoms with Crippen LogP contribution in [0, 0.1) is 11.6 Å². The van der Waals surface area contributed by atoms with Gasteiger partial charge in [0.1, 0.15) is 29.9 Å². The van der Waals surface area contributed by atoms with E-state index in [1.807, 2.05) is 18.2 Å². The number of benzene rings is 2. The molecule has 1 aliphatic rings. The molecule has 12 heteroatoms. The highest BCUT2D eigenvalue weighted by Crippen LogP contribution is 2.28. The van der Waals surface area contributed by atoms with Gasteiger partial charge in [-0.3, -0.25) is 4.90 Å². The number of anilines is 1. The number of tetrazole rings is 1. The fraction of sp³-hybridized carbons (Fsp3) is 0.375. The third kappa shape index (κ3) is 5.55. The summed E-state index contributed by atoms with van der Waals surface area (Å²) in [5, 5.41) is 28.0. The summed E-state index contributed by atoms with van der Waals surface area (Å²) in [6.07, 6.45) is 3.31. The molecule has 1 aliphatic heterocycles. The first kappa shape index (κ1) is 23.9. The van der Waals surface area contributed by atoms with Gasteiger partial charge in [0.15, 0.2) is 5.82 Å². The Morgan fingerprint density at radius 3 is 2.50 bits per heavy atom. The lowest BCUT2D eigenvalue weighted by atomic mass is 9.93. The predicted octanol–water partition coefficient (Wildman–Crippen LogP) is 1.50. The Hall–Kier alpha value is -3.77. The van der Waals surface area contributed by atoms with Crippen LogP contribution in [0.15, 0.2) is 61.2 Å². The van der Waals surface area contributed by atoms with Crippen LogP contribution in [0.25, 0.3) is 0 Å². The summed E-state index contributed by atoms with van der Waals surface area (Å²) in [4.78, 5) is 9.83. The summed E-state index contributed by atoms with van der Waals surface area (Å²) >= 11 is 0. The topological polar surface area (TPSA) is 101 Å². The zero-order valence-corrected chi connectivity index (χ0v) is 19.7. The van der Waals surface area contributed by atoms with Gasteiger partial charge in [0.25, 0.3) is 0 Å². The Labute approximate surface area is 206 Å². The van der Waals surface area contributed by atoms with Gasteiger partial charge in [-0.2, -0.15) is 9.90 Å². The van der Waals surface area contributed by atoms with Gasteiger partial charge < -0.3 is 10.0 Å². The molecule has 36 heavy (non-hydrogen) atoms. The van der Waals surface area contributed by atoms with Crippen LogP contribution in [0.2, 0.25) is 0 Å².